The SMILES string of the molecule is CCNC(=O)[C@H](C)N(Cc1ccc(C)cc1)C(=O)CN(c1ccc(OCc2ccccc2)cc1)S(C)(=O)=O. The number of amides is 2. The van der Waals surface area contributed by atoms with Crippen LogP contribution in [0.5, 0.6) is 5.75 Å². The van der Waals surface area contributed by atoms with Crippen LogP contribution < -0.4 is 14.4 Å². The van der Waals surface area contributed by atoms with Gasteiger partial charge in [-0.3, -0.25) is 13.9 Å². The van der Waals surface area contributed by atoms with Gasteiger partial charge in [0.25, 0.3) is 0 Å². The molecule has 0 heterocycles. The van der Waals surface area contributed by atoms with Crippen molar-refractivity contribution in [3.8, 4) is 5.75 Å². The van der Waals surface area contributed by atoms with E-state index in [9.17, 15) is 18.0 Å². The van der Waals surface area contributed by atoms with Crippen LogP contribution in [0.25, 0.3) is 0 Å². The number of ether oxygens (including phenoxy) is 1. The Labute approximate surface area is 225 Å². The molecule has 8 nitrogen and oxygen atoms in total. The predicted molar refractivity (Wildman–Crippen MR) is 149 cm³/mol. The molecule has 0 unspecified atom stereocenters. The molecular weight excluding hydrogens is 502 g/mol. The van der Waals surface area contributed by atoms with Gasteiger partial charge in [0.2, 0.25) is 21.8 Å². The lowest BCUT2D eigenvalue weighted by Gasteiger charge is -2.31. The minimum Gasteiger partial charge on any atom is -0.489 e. The maximum atomic E-state index is 13.5. The largest absolute Gasteiger partial charge is 0.489 e. The summed E-state index contributed by atoms with van der Waals surface area (Å²) < 4.78 is 32.3. The maximum Gasteiger partial charge on any atom is 0.244 e. The van der Waals surface area contributed by atoms with Crippen LogP contribution in [0.1, 0.15) is 30.5 Å². The summed E-state index contributed by atoms with van der Waals surface area (Å²) in [6.07, 6.45) is 1.05. The van der Waals surface area contributed by atoms with E-state index >= 15 is 0 Å². The molecule has 1 N–H and O–H groups in total. The molecule has 0 aliphatic heterocycles. The summed E-state index contributed by atoms with van der Waals surface area (Å²) in [4.78, 5) is 27.6. The van der Waals surface area contributed by atoms with Crippen molar-refractivity contribution in [2.75, 3.05) is 23.7 Å². The first-order chi connectivity index (χ1) is 18.1. The highest BCUT2D eigenvalue weighted by molar-refractivity contribution is 7.92. The van der Waals surface area contributed by atoms with E-state index in [1.807, 2.05) is 61.5 Å². The fraction of sp³-hybridized carbons (Fsp3) is 0.310. The van der Waals surface area contributed by atoms with Crippen LogP contribution in [-0.2, 0) is 32.8 Å². The summed E-state index contributed by atoms with van der Waals surface area (Å²) in [5.74, 6) is -0.221. The van der Waals surface area contributed by atoms with Crippen LogP contribution in [-0.4, -0.2) is 50.5 Å². The van der Waals surface area contributed by atoms with E-state index < -0.39 is 28.5 Å². The Bertz CT molecular complexity index is 1310. The molecule has 0 fully saturated rings. The van der Waals surface area contributed by atoms with Gasteiger partial charge in [-0.05, 0) is 56.2 Å². The van der Waals surface area contributed by atoms with Crippen LogP contribution in [0, 0.1) is 6.92 Å². The molecule has 1 atom stereocenters. The summed E-state index contributed by atoms with van der Waals surface area (Å²) in [6.45, 7) is 5.92. The number of hydrogen-bond acceptors (Lipinski definition) is 5. The summed E-state index contributed by atoms with van der Waals surface area (Å²) in [5, 5.41) is 2.74. The van der Waals surface area contributed by atoms with Gasteiger partial charge in [-0.25, -0.2) is 8.42 Å². The van der Waals surface area contributed by atoms with Gasteiger partial charge in [-0.1, -0.05) is 60.2 Å². The van der Waals surface area contributed by atoms with Crippen molar-refractivity contribution in [1.82, 2.24) is 10.2 Å². The second-order valence-electron chi connectivity index (χ2n) is 9.12. The summed E-state index contributed by atoms with van der Waals surface area (Å²) in [6, 6.07) is 23.1. The third-order valence-corrected chi connectivity index (χ3v) is 7.18. The number of benzene rings is 3. The fourth-order valence-electron chi connectivity index (χ4n) is 3.86. The zero-order valence-electron chi connectivity index (χ0n) is 22.3. The number of anilines is 1. The Kier molecular flexibility index (Phi) is 9.90. The van der Waals surface area contributed by atoms with Crippen molar-refractivity contribution in [3.63, 3.8) is 0 Å². The monoisotopic (exact) mass is 537 g/mol. The maximum absolute atomic E-state index is 13.5. The molecule has 0 bridgehead atoms. The Hall–Kier alpha value is -3.85. The molecule has 0 saturated carbocycles. The van der Waals surface area contributed by atoms with Crippen molar-refractivity contribution < 1.29 is 22.7 Å². The molecule has 2 amide bonds. The first-order valence-electron chi connectivity index (χ1n) is 12.5. The topological polar surface area (TPSA) is 96.0 Å². The smallest absolute Gasteiger partial charge is 0.244 e. The van der Waals surface area contributed by atoms with Crippen molar-refractivity contribution in [3.05, 3.63) is 95.6 Å². The van der Waals surface area contributed by atoms with Gasteiger partial charge < -0.3 is 15.0 Å². The number of carbonyl (C=O) groups excluding carboxylic acids is 2. The van der Waals surface area contributed by atoms with Gasteiger partial charge in [0.05, 0.1) is 11.9 Å². The molecule has 3 rings (SSSR count). The molecule has 9 heteroatoms. The van der Waals surface area contributed by atoms with E-state index in [-0.39, 0.29) is 12.5 Å². The molecule has 0 spiro atoms. The van der Waals surface area contributed by atoms with E-state index in [0.29, 0.717) is 24.6 Å². The molecular formula is C29H35N3O5S. The Morgan fingerprint density at radius 1 is 0.921 bits per heavy atom. The van der Waals surface area contributed by atoms with Gasteiger partial charge in [-0.15, -0.1) is 0 Å². The number of aryl methyl sites for hydroxylation is 1. The Morgan fingerprint density at radius 3 is 2.13 bits per heavy atom. The third kappa shape index (κ3) is 8.08. The molecule has 38 heavy (non-hydrogen) atoms. The zero-order valence-corrected chi connectivity index (χ0v) is 23.1. The zero-order chi connectivity index (χ0) is 27.7. The number of rotatable bonds is 12. The highest BCUT2D eigenvalue weighted by Gasteiger charge is 2.29. The Balaban J connectivity index is 1.80. The van der Waals surface area contributed by atoms with Crippen LogP contribution >= 0.6 is 0 Å². The van der Waals surface area contributed by atoms with Crippen LogP contribution in [0.2, 0.25) is 0 Å². The first kappa shape index (κ1) is 28.7. The number of nitrogens with zero attached hydrogens (tertiary/aromatic N) is 2. The lowest BCUT2D eigenvalue weighted by atomic mass is 10.1. The molecule has 202 valence electrons. The van der Waals surface area contributed by atoms with Gasteiger partial charge in [0.15, 0.2) is 0 Å². The highest BCUT2D eigenvalue weighted by atomic mass is 32.2. The minimum absolute atomic E-state index is 0.168. The van der Waals surface area contributed by atoms with E-state index in [1.165, 1.54) is 4.90 Å². The van der Waals surface area contributed by atoms with Crippen molar-refractivity contribution >= 4 is 27.5 Å². The van der Waals surface area contributed by atoms with Gasteiger partial charge >= 0.3 is 0 Å². The van der Waals surface area contributed by atoms with Crippen molar-refractivity contribution in [2.24, 2.45) is 0 Å². The molecule has 3 aromatic rings. The van der Waals surface area contributed by atoms with Crippen molar-refractivity contribution in [2.45, 2.75) is 40.0 Å². The second kappa shape index (κ2) is 13.1. The van der Waals surface area contributed by atoms with Crippen LogP contribution in [0.4, 0.5) is 5.69 Å². The lowest BCUT2D eigenvalue weighted by Crippen LogP contribution is -2.51. The van der Waals surface area contributed by atoms with Crippen molar-refractivity contribution in [1.29, 1.82) is 0 Å². The molecule has 0 saturated heterocycles. The molecule has 0 aliphatic rings. The normalized spacial score (nSPS) is 11.9. The third-order valence-electron chi connectivity index (χ3n) is 6.04. The summed E-state index contributed by atoms with van der Waals surface area (Å²) >= 11 is 0. The van der Waals surface area contributed by atoms with Crippen LogP contribution in [0.3, 0.4) is 0 Å². The molecule has 0 aliphatic carbocycles. The lowest BCUT2D eigenvalue weighted by molar-refractivity contribution is -0.139. The van der Waals surface area contributed by atoms with E-state index in [0.717, 1.165) is 27.3 Å². The molecule has 0 aromatic heterocycles. The number of nitrogens with one attached hydrogen (secondary N) is 1. The average Bonchev–Trinajstić information content (AvgIpc) is 2.90. The highest BCUT2D eigenvalue weighted by Crippen LogP contribution is 2.23. The summed E-state index contributed by atoms with van der Waals surface area (Å²) in [5.41, 5.74) is 3.25. The van der Waals surface area contributed by atoms with Crippen LogP contribution in [0.15, 0.2) is 78.9 Å². The standard InChI is InChI=1S/C29H35N3O5S/c1-5-30-29(34)23(3)31(19-24-13-11-22(2)12-14-24)28(33)20-32(38(4,35)36)26-15-17-27(18-16-26)37-21-25-9-7-6-8-10-25/h6-18,23H,5,19-21H2,1-4H3,(H,30,34)/t23-/m0/s1. The number of carbonyl (C=O) groups is 2. The minimum atomic E-state index is -3.80. The van der Waals surface area contributed by atoms with E-state index in [1.54, 1.807) is 38.1 Å². The first-order valence-corrected chi connectivity index (χ1v) is 14.3. The van der Waals surface area contributed by atoms with Gasteiger partial charge in [0.1, 0.15) is 24.9 Å². The second-order valence-corrected chi connectivity index (χ2v) is 11.0. The molecule has 0 radical (unpaired) electrons. The fourth-order valence-corrected chi connectivity index (χ4v) is 4.71. The van der Waals surface area contributed by atoms with Gasteiger partial charge in [0, 0.05) is 13.1 Å². The summed E-state index contributed by atoms with van der Waals surface area (Å²) in [7, 11) is -3.80. The predicted octanol–water partition coefficient (Wildman–Crippen LogP) is 3.89. The number of likely N-dealkylation sites (N-methyl/N-ethyl adjacent to an activating group) is 1. The number of sulfonamides is 1. The van der Waals surface area contributed by atoms with E-state index in [4.69, 9.17) is 4.74 Å². The Morgan fingerprint density at radius 2 is 1.55 bits per heavy atom. The van der Waals surface area contributed by atoms with Gasteiger partial charge in [-0.2, -0.15) is 0 Å². The number of hydrogen-bond donors (Lipinski definition) is 1. The average molecular weight is 538 g/mol. The molecule has 3 aromatic carbocycles. The quantitative estimate of drug-likeness (QED) is 0.378. The van der Waals surface area contributed by atoms with E-state index in [2.05, 4.69) is 5.32 Å².